The summed E-state index contributed by atoms with van der Waals surface area (Å²) in [7, 11) is 4.54. The number of rotatable bonds is 6. The zero-order valence-electron chi connectivity index (χ0n) is 21.1. The summed E-state index contributed by atoms with van der Waals surface area (Å²) in [6, 6.07) is 16.8. The molecule has 0 N–H and O–H groups in total. The van der Waals surface area contributed by atoms with Crippen LogP contribution in [0.3, 0.4) is 0 Å². The number of esters is 1. The van der Waals surface area contributed by atoms with Gasteiger partial charge in [-0.3, -0.25) is 4.79 Å². The highest BCUT2D eigenvalue weighted by Gasteiger charge is 2.18. The van der Waals surface area contributed by atoms with E-state index in [-0.39, 0.29) is 16.6 Å². The van der Waals surface area contributed by atoms with Crippen molar-refractivity contribution in [2.24, 2.45) is 0 Å². The smallest absolute Gasteiger partial charge is 0.343 e. The molecule has 0 unspecified atom stereocenters. The van der Waals surface area contributed by atoms with Gasteiger partial charge in [0, 0.05) is 11.6 Å². The number of ether oxygens (including phenoxy) is 4. The molecule has 0 bridgehead atoms. The normalized spacial score (nSPS) is 11.3. The molecule has 0 atom stereocenters. The van der Waals surface area contributed by atoms with Crippen molar-refractivity contribution in [2.75, 3.05) is 21.3 Å². The molecule has 3 aromatic carbocycles. The van der Waals surface area contributed by atoms with E-state index in [0.29, 0.717) is 45.1 Å². The Kier molecular flexibility index (Phi) is 6.75. The first-order valence-electron chi connectivity index (χ1n) is 11.4. The van der Waals surface area contributed by atoms with Gasteiger partial charge in [0.05, 0.1) is 32.3 Å². The molecule has 0 saturated carbocycles. The fourth-order valence-electron chi connectivity index (χ4n) is 3.84. The molecule has 0 saturated heterocycles. The number of methoxy groups -OCH3 is 3. The first kappa shape index (κ1) is 24.9. The Bertz CT molecular complexity index is 1450. The van der Waals surface area contributed by atoms with Gasteiger partial charge < -0.3 is 23.4 Å². The van der Waals surface area contributed by atoms with E-state index in [2.05, 4.69) is 20.8 Å². The predicted molar refractivity (Wildman–Crippen MR) is 138 cm³/mol. The lowest BCUT2D eigenvalue weighted by molar-refractivity contribution is 0.0735. The van der Waals surface area contributed by atoms with Gasteiger partial charge in [0.25, 0.3) is 0 Å². The molecule has 4 aromatic rings. The van der Waals surface area contributed by atoms with Crippen LogP contribution in [0.25, 0.3) is 22.3 Å². The molecule has 1 aromatic heterocycles. The van der Waals surface area contributed by atoms with Crippen LogP contribution in [0.1, 0.15) is 36.7 Å². The molecule has 0 aliphatic heterocycles. The lowest BCUT2D eigenvalue weighted by atomic mass is 9.87. The Morgan fingerprint density at radius 2 is 1.44 bits per heavy atom. The van der Waals surface area contributed by atoms with E-state index in [1.165, 1.54) is 33.5 Å². The molecule has 0 spiro atoms. The third-order valence-electron chi connectivity index (χ3n) is 5.85. The minimum atomic E-state index is -0.506. The zero-order valence-corrected chi connectivity index (χ0v) is 21.1. The van der Waals surface area contributed by atoms with Crippen LogP contribution < -0.4 is 24.4 Å². The Labute approximate surface area is 209 Å². The van der Waals surface area contributed by atoms with Crippen LogP contribution >= 0.6 is 0 Å². The summed E-state index contributed by atoms with van der Waals surface area (Å²) in [6.07, 6.45) is 0. The second kappa shape index (κ2) is 9.77. The van der Waals surface area contributed by atoms with Crippen molar-refractivity contribution in [1.82, 2.24) is 0 Å². The second-order valence-corrected chi connectivity index (χ2v) is 9.26. The van der Waals surface area contributed by atoms with Crippen LogP contribution in [0.15, 0.2) is 69.9 Å². The number of hydrogen-bond acceptors (Lipinski definition) is 7. The van der Waals surface area contributed by atoms with Gasteiger partial charge in [-0.15, -0.1) is 0 Å². The van der Waals surface area contributed by atoms with Gasteiger partial charge in [0.2, 0.25) is 5.75 Å². The molecule has 7 heteroatoms. The summed E-state index contributed by atoms with van der Waals surface area (Å²) in [5, 5.41) is 0.291. The van der Waals surface area contributed by atoms with E-state index >= 15 is 0 Å². The molecule has 186 valence electrons. The fourth-order valence-corrected chi connectivity index (χ4v) is 3.84. The van der Waals surface area contributed by atoms with E-state index in [9.17, 15) is 9.59 Å². The summed E-state index contributed by atoms with van der Waals surface area (Å²) in [5.74, 6) is 1.38. The first-order chi connectivity index (χ1) is 17.1. The third-order valence-corrected chi connectivity index (χ3v) is 5.85. The van der Waals surface area contributed by atoms with Crippen LogP contribution in [0.2, 0.25) is 0 Å². The molecule has 4 rings (SSSR count). The van der Waals surface area contributed by atoms with E-state index in [1.54, 1.807) is 36.4 Å². The molecule has 0 aliphatic rings. The molecule has 7 nitrogen and oxygen atoms in total. The van der Waals surface area contributed by atoms with Crippen molar-refractivity contribution in [3.8, 4) is 34.3 Å². The van der Waals surface area contributed by atoms with Gasteiger partial charge in [-0.1, -0.05) is 32.9 Å². The van der Waals surface area contributed by atoms with Gasteiger partial charge in [-0.25, -0.2) is 4.79 Å². The van der Waals surface area contributed by atoms with E-state index in [1.807, 2.05) is 12.1 Å². The Morgan fingerprint density at radius 1 is 0.806 bits per heavy atom. The average molecular weight is 489 g/mol. The summed E-state index contributed by atoms with van der Waals surface area (Å²) in [6.45, 7) is 6.32. The van der Waals surface area contributed by atoms with Crippen LogP contribution in [0.4, 0.5) is 0 Å². The summed E-state index contributed by atoms with van der Waals surface area (Å²) in [4.78, 5) is 25.6. The molecule has 0 aliphatic carbocycles. The number of benzene rings is 3. The lowest BCUT2D eigenvalue weighted by Gasteiger charge is -2.18. The summed E-state index contributed by atoms with van der Waals surface area (Å²) < 4.78 is 27.7. The van der Waals surface area contributed by atoms with Gasteiger partial charge in [-0.05, 0) is 53.4 Å². The first-order valence-corrected chi connectivity index (χ1v) is 11.4. The predicted octanol–water partition coefficient (Wildman–Crippen LogP) is 6.00. The minimum Gasteiger partial charge on any atom is -0.493 e. The molecule has 1 heterocycles. The number of carbonyl (C=O) groups excluding carboxylic acids is 1. The van der Waals surface area contributed by atoms with Gasteiger partial charge >= 0.3 is 5.97 Å². The molecule has 0 radical (unpaired) electrons. The number of hydrogen-bond donors (Lipinski definition) is 0. The highest BCUT2D eigenvalue weighted by atomic mass is 16.5. The SMILES string of the molecule is COc1cc(-c2cc(=O)c3cc(OC(=O)c4ccc(C(C)(C)C)cc4)ccc3o2)cc(OC)c1OC. The van der Waals surface area contributed by atoms with Gasteiger partial charge in [0.15, 0.2) is 16.9 Å². The topological polar surface area (TPSA) is 84.2 Å². The number of fused-ring (bicyclic) bond motifs is 1. The Morgan fingerprint density at radius 3 is 2.00 bits per heavy atom. The average Bonchev–Trinajstić information content (AvgIpc) is 2.87. The highest BCUT2D eigenvalue weighted by Crippen LogP contribution is 2.41. The fraction of sp³-hybridized carbons (Fsp3) is 0.241. The maximum absolute atomic E-state index is 13.0. The van der Waals surface area contributed by atoms with Crippen LogP contribution in [-0.2, 0) is 5.41 Å². The molecule has 0 fully saturated rings. The molecular formula is C29H28O7. The maximum Gasteiger partial charge on any atom is 0.343 e. The van der Waals surface area contributed by atoms with Crippen LogP contribution in [-0.4, -0.2) is 27.3 Å². The van der Waals surface area contributed by atoms with Crippen molar-refractivity contribution < 1.29 is 28.2 Å². The largest absolute Gasteiger partial charge is 0.493 e. The second-order valence-electron chi connectivity index (χ2n) is 9.26. The van der Waals surface area contributed by atoms with Crippen molar-refractivity contribution in [1.29, 1.82) is 0 Å². The Balaban J connectivity index is 1.64. The third kappa shape index (κ3) is 4.91. The summed E-state index contributed by atoms with van der Waals surface area (Å²) >= 11 is 0. The van der Waals surface area contributed by atoms with Crippen LogP contribution in [0.5, 0.6) is 23.0 Å². The van der Waals surface area contributed by atoms with E-state index in [0.717, 1.165) is 5.56 Å². The summed E-state index contributed by atoms with van der Waals surface area (Å²) in [5.41, 5.74) is 2.17. The van der Waals surface area contributed by atoms with Crippen molar-refractivity contribution in [3.05, 3.63) is 82.0 Å². The Hall–Kier alpha value is -4.26. The van der Waals surface area contributed by atoms with E-state index in [4.69, 9.17) is 23.4 Å². The quantitative estimate of drug-likeness (QED) is 0.243. The molecular weight excluding hydrogens is 460 g/mol. The van der Waals surface area contributed by atoms with Crippen LogP contribution in [0, 0.1) is 0 Å². The molecule has 0 amide bonds. The minimum absolute atomic E-state index is 0.0181. The van der Waals surface area contributed by atoms with Crippen molar-refractivity contribution in [2.45, 2.75) is 26.2 Å². The van der Waals surface area contributed by atoms with Crippen molar-refractivity contribution in [3.63, 3.8) is 0 Å². The van der Waals surface area contributed by atoms with Crippen molar-refractivity contribution >= 4 is 16.9 Å². The van der Waals surface area contributed by atoms with Gasteiger partial charge in [0.1, 0.15) is 17.1 Å². The molecule has 36 heavy (non-hydrogen) atoms. The standard InChI is InChI=1S/C29H28O7/c1-29(2,3)19-9-7-17(8-10-19)28(31)35-20-11-12-23-21(15-20)22(30)16-24(36-23)18-13-25(32-4)27(34-6)26(14-18)33-5/h7-16H,1-6H3. The zero-order chi connectivity index (χ0) is 26.0. The maximum atomic E-state index is 13.0. The van der Waals surface area contributed by atoms with E-state index < -0.39 is 5.97 Å². The highest BCUT2D eigenvalue weighted by molar-refractivity contribution is 5.92. The lowest BCUT2D eigenvalue weighted by Crippen LogP contribution is -2.13. The monoisotopic (exact) mass is 488 g/mol. The van der Waals surface area contributed by atoms with Gasteiger partial charge in [-0.2, -0.15) is 0 Å². The number of carbonyl (C=O) groups is 1.